The maximum absolute atomic E-state index is 11.0. The van der Waals surface area contributed by atoms with E-state index in [-0.39, 0.29) is 19.0 Å². The Morgan fingerprint density at radius 1 is 1.43 bits per heavy atom. The highest BCUT2D eigenvalue weighted by molar-refractivity contribution is 5.79. The molecular formula is C8H14N2O4. The fourth-order valence-electron chi connectivity index (χ4n) is 0.885. The van der Waals surface area contributed by atoms with Gasteiger partial charge in [-0.1, -0.05) is 0 Å². The molecule has 80 valence electrons. The molecule has 0 aliphatic heterocycles. The second kappa shape index (κ2) is 4.92. The number of amides is 1. The van der Waals surface area contributed by atoms with Gasteiger partial charge in [-0.15, -0.1) is 0 Å². The largest absolute Gasteiger partial charge is 0.479 e. The Hall–Kier alpha value is -1.14. The fourth-order valence-corrected chi connectivity index (χ4v) is 0.885. The van der Waals surface area contributed by atoms with Gasteiger partial charge in [0.05, 0.1) is 13.1 Å². The summed E-state index contributed by atoms with van der Waals surface area (Å²) in [5.74, 6) is -1.63. The molecule has 0 aromatic carbocycles. The van der Waals surface area contributed by atoms with Gasteiger partial charge in [0.15, 0.2) is 6.10 Å². The van der Waals surface area contributed by atoms with E-state index in [1.807, 2.05) is 0 Å². The molecule has 1 fully saturated rings. The van der Waals surface area contributed by atoms with E-state index in [9.17, 15) is 9.59 Å². The van der Waals surface area contributed by atoms with Gasteiger partial charge in [0, 0.05) is 6.04 Å². The maximum Gasteiger partial charge on any atom is 0.334 e. The van der Waals surface area contributed by atoms with Gasteiger partial charge in [0.25, 0.3) is 0 Å². The van der Waals surface area contributed by atoms with Crippen LogP contribution in [0, 0.1) is 0 Å². The quantitative estimate of drug-likeness (QED) is 0.411. The number of aliphatic hydroxyl groups is 1. The Kier molecular flexibility index (Phi) is 3.84. The van der Waals surface area contributed by atoms with Crippen molar-refractivity contribution in [2.45, 2.75) is 25.0 Å². The van der Waals surface area contributed by atoms with Crippen molar-refractivity contribution in [3.05, 3.63) is 0 Å². The number of nitrogens with one attached hydrogen (secondary N) is 2. The van der Waals surface area contributed by atoms with Crippen molar-refractivity contribution in [1.29, 1.82) is 0 Å². The van der Waals surface area contributed by atoms with Crippen molar-refractivity contribution in [2.24, 2.45) is 0 Å². The minimum absolute atomic E-state index is 0.178. The highest BCUT2D eigenvalue weighted by Gasteiger charge is 2.21. The number of aliphatic carboxylic acids is 1. The molecule has 0 aromatic heterocycles. The van der Waals surface area contributed by atoms with Crippen LogP contribution in [-0.2, 0) is 9.59 Å². The van der Waals surface area contributed by atoms with Crippen molar-refractivity contribution in [3.8, 4) is 0 Å². The van der Waals surface area contributed by atoms with E-state index in [0.717, 1.165) is 12.8 Å². The molecule has 1 aliphatic rings. The Morgan fingerprint density at radius 2 is 2.07 bits per heavy atom. The summed E-state index contributed by atoms with van der Waals surface area (Å²) in [5.41, 5.74) is 0. The van der Waals surface area contributed by atoms with E-state index in [4.69, 9.17) is 10.2 Å². The van der Waals surface area contributed by atoms with Gasteiger partial charge in [0.1, 0.15) is 0 Å². The first-order valence-electron chi connectivity index (χ1n) is 4.50. The SMILES string of the molecule is O=C(CNC1CC1)NCC(O)C(=O)O. The van der Waals surface area contributed by atoms with Crippen LogP contribution in [0.3, 0.4) is 0 Å². The predicted octanol–water partition coefficient (Wildman–Crippen LogP) is -1.70. The van der Waals surface area contributed by atoms with E-state index in [0.29, 0.717) is 6.04 Å². The lowest BCUT2D eigenvalue weighted by Crippen LogP contribution is -2.41. The first-order chi connectivity index (χ1) is 6.59. The minimum atomic E-state index is -1.53. The summed E-state index contributed by atoms with van der Waals surface area (Å²) in [4.78, 5) is 21.2. The number of hydrogen-bond acceptors (Lipinski definition) is 4. The average Bonchev–Trinajstić information content (AvgIpc) is 2.94. The number of rotatable bonds is 6. The molecule has 0 aromatic rings. The molecule has 14 heavy (non-hydrogen) atoms. The van der Waals surface area contributed by atoms with Crippen molar-refractivity contribution in [2.75, 3.05) is 13.1 Å². The lowest BCUT2D eigenvalue weighted by molar-refractivity contribution is -0.146. The summed E-state index contributed by atoms with van der Waals surface area (Å²) in [6.07, 6.45) is 0.649. The third-order valence-electron chi connectivity index (χ3n) is 1.91. The first-order valence-corrected chi connectivity index (χ1v) is 4.50. The number of carbonyl (C=O) groups excluding carboxylic acids is 1. The Labute approximate surface area is 81.3 Å². The van der Waals surface area contributed by atoms with Gasteiger partial charge in [-0.2, -0.15) is 0 Å². The van der Waals surface area contributed by atoms with Crippen LogP contribution in [0.2, 0.25) is 0 Å². The molecule has 1 aliphatic carbocycles. The van der Waals surface area contributed by atoms with Gasteiger partial charge < -0.3 is 20.8 Å². The molecule has 0 saturated heterocycles. The molecule has 1 saturated carbocycles. The molecule has 1 amide bonds. The molecule has 1 unspecified atom stereocenters. The van der Waals surface area contributed by atoms with E-state index < -0.39 is 12.1 Å². The first kappa shape index (κ1) is 10.9. The predicted molar refractivity (Wildman–Crippen MR) is 47.7 cm³/mol. The normalized spacial score (nSPS) is 17.5. The standard InChI is InChI=1S/C8H14N2O4/c11-6(8(13)14)3-10-7(12)4-9-5-1-2-5/h5-6,9,11H,1-4H2,(H,10,12)(H,13,14). The summed E-state index contributed by atoms with van der Waals surface area (Å²) in [6, 6.07) is 0.435. The van der Waals surface area contributed by atoms with Gasteiger partial charge in [-0.05, 0) is 12.8 Å². The zero-order chi connectivity index (χ0) is 10.6. The lowest BCUT2D eigenvalue weighted by atomic mass is 10.3. The topological polar surface area (TPSA) is 98.7 Å². The van der Waals surface area contributed by atoms with E-state index in [2.05, 4.69) is 10.6 Å². The molecule has 4 N–H and O–H groups in total. The third-order valence-corrected chi connectivity index (χ3v) is 1.91. The van der Waals surface area contributed by atoms with Gasteiger partial charge >= 0.3 is 5.97 Å². The van der Waals surface area contributed by atoms with Crippen LogP contribution in [0.4, 0.5) is 0 Å². The number of hydrogen-bond donors (Lipinski definition) is 4. The molecule has 0 radical (unpaired) electrons. The zero-order valence-electron chi connectivity index (χ0n) is 7.69. The van der Waals surface area contributed by atoms with Crippen LogP contribution in [0.25, 0.3) is 0 Å². The van der Waals surface area contributed by atoms with Crippen LogP contribution in [0.15, 0.2) is 0 Å². The van der Waals surface area contributed by atoms with Crippen LogP contribution in [-0.4, -0.2) is 47.3 Å². The second-order valence-corrected chi connectivity index (χ2v) is 3.31. The number of aliphatic hydroxyl groups excluding tert-OH is 1. The van der Waals surface area contributed by atoms with Crippen molar-refractivity contribution >= 4 is 11.9 Å². The van der Waals surface area contributed by atoms with Crippen molar-refractivity contribution in [3.63, 3.8) is 0 Å². The maximum atomic E-state index is 11.0. The summed E-state index contributed by atoms with van der Waals surface area (Å²) in [7, 11) is 0. The molecule has 0 bridgehead atoms. The highest BCUT2D eigenvalue weighted by atomic mass is 16.4. The van der Waals surface area contributed by atoms with E-state index in [1.165, 1.54) is 0 Å². The minimum Gasteiger partial charge on any atom is -0.479 e. The summed E-state index contributed by atoms with van der Waals surface area (Å²) in [6.45, 7) is -0.0719. The second-order valence-electron chi connectivity index (χ2n) is 3.31. The van der Waals surface area contributed by atoms with Crippen LogP contribution < -0.4 is 10.6 Å². The van der Waals surface area contributed by atoms with Crippen molar-refractivity contribution < 1.29 is 19.8 Å². The van der Waals surface area contributed by atoms with Gasteiger partial charge in [0.2, 0.25) is 5.91 Å². The van der Waals surface area contributed by atoms with Crippen molar-refractivity contribution in [1.82, 2.24) is 10.6 Å². The van der Waals surface area contributed by atoms with Crippen LogP contribution in [0.5, 0.6) is 0 Å². The lowest BCUT2D eigenvalue weighted by Gasteiger charge is -2.07. The fraction of sp³-hybridized carbons (Fsp3) is 0.750. The van der Waals surface area contributed by atoms with Gasteiger partial charge in [-0.25, -0.2) is 4.79 Å². The molecule has 6 heteroatoms. The third kappa shape index (κ3) is 4.20. The Morgan fingerprint density at radius 3 is 2.57 bits per heavy atom. The molecular weight excluding hydrogens is 188 g/mol. The number of carboxylic acids is 1. The molecule has 0 spiro atoms. The van der Waals surface area contributed by atoms with Crippen LogP contribution in [0.1, 0.15) is 12.8 Å². The number of carboxylic acid groups (broad SMARTS) is 1. The summed E-state index contributed by atoms with van der Waals surface area (Å²) in [5, 5.41) is 22.4. The molecule has 6 nitrogen and oxygen atoms in total. The Balaban J connectivity index is 2.04. The number of carbonyl (C=O) groups is 2. The average molecular weight is 202 g/mol. The highest BCUT2D eigenvalue weighted by Crippen LogP contribution is 2.17. The zero-order valence-corrected chi connectivity index (χ0v) is 7.69. The monoisotopic (exact) mass is 202 g/mol. The molecule has 1 rings (SSSR count). The Bertz CT molecular complexity index is 227. The smallest absolute Gasteiger partial charge is 0.334 e. The summed E-state index contributed by atoms with van der Waals surface area (Å²) >= 11 is 0. The van der Waals surface area contributed by atoms with E-state index in [1.54, 1.807) is 0 Å². The molecule has 0 heterocycles. The van der Waals surface area contributed by atoms with Crippen LogP contribution >= 0.6 is 0 Å². The summed E-state index contributed by atoms with van der Waals surface area (Å²) < 4.78 is 0. The van der Waals surface area contributed by atoms with Gasteiger partial charge in [-0.3, -0.25) is 4.79 Å². The van der Waals surface area contributed by atoms with E-state index >= 15 is 0 Å². The molecule has 1 atom stereocenters.